The Hall–Kier alpha value is 0.137. The van der Waals surface area contributed by atoms with E-state index in [2.05, 4.69) is 48.1 Å². The van der Waals surface area contributed by atoms with Gasteiger partial charge in [-0.15, -0.1) is 0 Å². The number of rotatable bonds is 3. The highest BCUT2D eigenvalue weighted by atomic mass is 28.4. The summed E-state index contributed by atoms with van der Waals surface area (Å²) in [6.07, 6.45) is 0. The molecule has 0 amide bonds. The monoisotopic (exact) mass is 218 g/mol. The molecule has 0 rings (SSSR count). The van der Waals surface area contributed by atoms with E-state index in [1.807, 2.05) is 0 Å². The lowest BCUT2D eigenvalue weighted by molar-refractivity contribution is 0.125. The van der Waals surface area contributed by atoms with Gasteiger partial charge in [-0.1, -0.05) is 41.5 Å². The van der Waals surface area contributed by atoms with Crippen LogP contribution in [-0.4, -0.2) is 22.3 Å². The SMILES string of the molecule is CO[Si](C)(OCC(C)(C)C)C(C)(C)C. The first-order valence-electron chi connectivity index (χ1n) is 5.21. The summed E-state index contributed by atoms with van der Waals surface area (Å²) in [6.45, 7) is 16.0. The first-order valence-corrected chi connectivity index (χ1v) is 7.53. The van der Waals surface area contributed by atoms with E-state index >= 15 is 0 Å². The van der Waals surface area contributed by atoms with Crippen LogP contribution in [0.5, 0.6) is 0 Å². The Morgan fingerprint density at radius 3 is 1.64 bits per heavy atom. The van der Waals surface area contributed by atoms with Gasteiger partial charge in [0.05, 0.1) is 0 Å². The molecule has 0 aliphatic rings. The standard InChI is InChI=1S/C11H26O2Si/c1-10(2,3)9-13-14(8,12-7)11(4,5)6/h9H2,1-8H3. The third kappa shape index (κ3) is 4.11. The fourth-order valence-electron chi connectivity index (χ4n) is 0.936. The van der Waals surface area contributed by atoms with E-state index in [-0.39, 0.29) is 10.5 Å². The molecule has 0 N–H and O–H groups in total. The molecule has 0 saturated heterocycles. The third-order valence-electron chi connectivity index (χ3n) is 2.53. The summed E-state index contributed by atoms with van der Waals surface area (Å²) in [5, 5.41) is 0.118. The van der Waals surface area contributed by atoms with Gasteiger partial charge in [-0.3, -0.25) is 0 Å². The van der Waals surface area contributed by atoms with Gasteiger partial charge in [-0.2, -0.15) is 0 Å². The van der Waals surface area contributed by atoms with Crippen LogP contribution in [0.15, 0.2) is 0 Å². The van der Waals surface area contributed by atoms with Gasteiger partial charge in [0, 0.05) is 18.8 Å². The van der Waals surface area contributed by atoms with Crippen molar-refractivity contribution in [2.24, 2.45) is 5.41 Å². The van der Waals surface area contributed by atoms with Crippen molar-refractivity contribution in [3.05, 3.63) is 0 Å². The smallest absolute Gasteiger partial charge is 0.340 e. The van der Waals surface area contributed by atoms with E-state index < -0.39 is 8.56 Å². The zero-order valence-corrected chi connectivity index (χ0v) is 12.0. The lowest BCUT2D eigenvalue weighted by atomic mass is 9.99. The van der Waals surface area contributed by atoms with E-state index in [0.717, 1.165) is 6.61 Å². The molecule has 0 aliphatic heterocycles. The molecule has 0 bridgehead atoms. The zero-order valence-electron chi connectivity index (χ0n) is 11.0. The number of hydrogen-bond donors (Lipinski definition) is 0. The molecule has 86 valence electrons. The average molecular weight is 218 g/mol. The van der Waals surface area contributed by atoms with Crippen LogP contribution in [0.3, 0.4) is 0 Å². The summed E-state index contributed by atoms with van der Waals surface area (Å²) in [5.41, 5.74) is 0.206. The molecule has 0 aromatic heterocycles. The highest BCUT2D eigenvalue weighted by Crippen LogP contribution is 2.37. The van der Waals surface area contributed by atoms with Crippen molar-refractivity contribution in [1.82, 2.24) is 0 Å². The van der Waals surface area contributed by atoms with Crippen LogP contribution in [0.1, 0.15) is 41.5 Å². The lowest BCUT2D eigenvalue weighted by Gasteiger charge is -2.38. The second-order valence-corrected chi connectivity index (χ2v) is 10.3. The van der Waals surface area contributed by atoms with Crippen molar-refractivity contribution < 1.29 is 8.85 Å². The van der Waals surface area contributed by atoms with E-state index in [0.29, 0.717) is 0 Å². The predicted octanol–water partition coefficient (Wildman–Crippen LogP) is 3.57. The molecule has 14 heavy (non-hydrogen) atoms. The van der Waals surface area contributed by atoms with E-state index in [9.17, 15) is 0 Å². The summed E-state index contributed by atoms with van der Waals surface area (Å²) < 4.78 is 11.6. The minimum atomic E-state index is -2.03. The van der Waals surface area contributed by atoms with Crippen molar-refractivity contribution in [2.75, 3.05) is 13.7 Å². The van der Waals surface area contributed by atoms with Gasteiger partial charge in [-0.25, -0.2) is 0 Å². The Kier molecular flexibility index (Phi) is 4.37. The maximum absolute atomic E-state index is 6.02. The maximum atomic E-state index is 6.02. The molecule has 1 atom stereocenters. The summed E-state index contributed by atoms with van der Waals surface area (Å²) in [7, 11) is -0.271. The van der Waals surface area contributed by atoms with Crippen LogP contribution in [0.4, 0.5) is 0 Å². The van der Waals surface area contributed by atoms with E-state index in [1.165, 1.54) is 0 Å². The van der Waals surface area contributed by atoms with Crippen molar-refractivity contribution in [2.45, 2.75) is 53.1 Å². The minimum Gasteiger partial charge on any atom is -0.397 e. The Balaban J connectivity index is 4.43. The summed E-state index contributed by atoms with van der Waals surface area (Å²) in [6, 6.07) is 0. The Labute approximate surface area is 90.2 Å². The van der Waals surface area contributed by atoms with Gasteiger partial charge in [0.15, 0.2) is 0 Å². The van der Waals surface area contributed by atoms with Gasteiger partial charge in [0.2, 0.25) is 0 Å². The van der Waals surface area contributed by atoms with E-state index in [1.54, 1.807) is 7.11 Å². The van der Waals surface area contributed by atoms with Crippen LogP contribution >= 0.6 is 0 Å². The van der Waals surface area contributed by atoms with Crippen molar-refractivity contribution in [1.29, 1.82) is 0 Å². The lowest BCUT2D eigenvalue weighted by Crippen LogP contribution is -2.48. The maximum Gasteiger partial charge on any atom is 0.340 e. The number of hydrogen-bond acceptors (Lipinski definition) is 2. The second kappa shape index (κ2) is 4.33. The molecule has 1 unspecified atom stereocenters. The van der Waals surface area contributed by atoms with Crippen LogP contribution in [-0.2, 0) is 8.85 Å². The summed E-state index contributed by atoms with van der Waals surface area (Å²) in [5.74, 6) is 0. The van der Waals surface area contributed by atoms with Crippen LogP contribution < -0.4 is 0 Å². The van der Waals surface area contributed by atoms with Crippen molar-refractivity contribution in [3.8, 4) is 0 Å². The molecule has 0 radical (unpaired) electrons. The van der Waals surface area contributed by atoms with E-state index in [4.69, 9.17) is 8.85 Å². The largest absolute Gasteiger partial charge is 0.397 e. The molecule has 0 fully saturated rings. The molecule has 2 nitrogen and oxygen atoms in total. The molecule has 0 aromatic rings. The molecule has 0 aliphatic carbocycles. The Bertz CT molecular complexity index is 179. The highest BCUT2D eigenvalue weighted by molar-refractivity contribution is 6.69. The minimum absolute atomic E-state index is 0.118. The summed E-state index contributed by atoms with van der Waals surface area (Å²) in [4.78, 5) is 0. The summed E-state index contributed by atoms with van der Waals surface area (Å²) >= 11 is 0. The highest BCUT2D eigenvalue weighted by Gasteiger charge is 2.44. The molecule has 3 heteroatoms. The fourth-order valence-corrected chi connectivity index (χ4v) is 2.81. The van der Waals surface area contributed by atoms with Crippen LogP contribution in [0.2, 0.25) is 11.6 Å². The van der Waals surface area contributed by atoms with Gasteiger partial charge >= 0.3 is 8.56 Å². The molecular weight excluding hydrogens is 192 g/mol. The topological polar surface area (TPSA) is 18.5 Å². The van der Waals surface area contributed by atoms with Crippen molar-refractivity contribution in [3.63, 3.8) is 0 Å². The van der Waals surface area contributed by atoms with Gasteiger partial charge in [0.25, 0.3) is 0 Å². The molecule has 0 saturated carbocycles. The van der Waals surface area contributed by atoms with Crippen LogP contribution in [0, 0.1) is 5.41 Å². The first-order chi connectivity index (χ1) is 6.02. The Morgan fingerprint density at radius 2 is 1.43 bits per heavy atom. The molecule has 0 spiro atoms. The van der Waals surface area contributed by atoms with Crippen LogP contribution in [0.25, 0.3) is 0 Å². The first kappa shape index (κ1) is 14.1. The van der Waals surface area contributed by atoms with Gasteiger partial charge in [-0.05, 0) is 12.0 Å². The normalized spacial score (nSPS) is 18.0. The predicted molar refractivity (Wildman–Crippen MR) is 63.7 cm³/mol. The van der Waals surface area contributed by atoms with Gasteiger partial charge < -0.3 is 8.85 Å². The molecule has 0 heterocycles. The van der Waals surface area contributed by atoms with Crippen molar-refractivity contribution >= 4 is 8.56 Å². The van der Waals surface area contributed by atoms with Gasteiger partial charge in [0.1, 0.15) is 0 Å². The molecule has 0 aromatic carbocycles. The Morgan fingerprint density at radius 1 is 1.00 bits per heavy atom. The third-order valence-corrected chi connectivity index (χ3v) is 6.73. The quantitative estimate of drug-likeness (QED) is 0.674. The molecular formula is C11H26O2Si. The second-order valence-electron chi connectivity index (χ2n) is 6.25. The zero-order chi connectivity index (χ0) is 11.6. The fraction of sp³-hybridized carbons (Fsp3) is 1.00. The average Bonchev–Trinajstić information content (AvgIpc) is 1.96.